The molecule has 0 saturated heterocycles. The maximum Gasteiger partial charge on any atom is 0.242 e. The molecule has 0 saturated carbocycles. The molecule has 2 aromatic carbocycles. The van der Waals surface area contributed by atoms with Crippen molar-refractivity contribution in [3.63, 3.8) is 0 Å². The summed E-state index contributed by atoms with van der Waals surface area (Å²) in [6, 6.07) is 16.6. The Bertz CT molecular complexity index is 761. The summed E-state index contributed by atoms with van der Waals surface area (Å²) in [6.07, 6.45) is 2.19. The minimum atomic E-state index is -0.556. The van der Waals surface area contributed by atoms with Gasteiger partial charge in [0.15, 0.2) is 0 Å². The van der Waals surface area contributed by atoms with Gasteiger partial charge in [-0.1, -0.05) is 55.8 Å². The van der Waals surface area contributed by atoms with Crippen LogP contribution in [0.15, 0.2) is 54.6 Å². The second kappa shape index (κ2) is 11.1. The fraction of sp³-hybridized carbons (Fsp3) is 0.391. The molecule has 2 amide bonds. The van der Waals surface area contributed by atoms with E-state index in [1.807, 2.05) is 54.6 Å². The van der Waals surface area contributed by atoms with Gasteiger partial charge in [0, 0.05) is 13.1 Å². The Morgan fingerprint density at radius 3 is 2.46 bits per heavy atom. The third-order valence-electron chi connectivity index (χ3n) is 4.68. The number of hydrogen-bond acceptors (Lipinski definition) is 3. The second-order valence-electron chi connectivity index (χ2n) is 6.86. The van der Waals surface area contributed by atoms with E-state index < -0.39 is 6.04 Å². The summed E-state index contributed by atoms with van der Waals surface area (Å²) in [7, 11) is 1.61. The number of unbranched alkanes of at least 4 members (excludes halogenated alkanes) is 1. The quantitative estimate of drug-likeness (QED) is 0.639. The molecule has 0 heterocycles. The Morgan fingerprint density at radius 1 is 1.07 bits per heavy atom. The molecule has 0 bridgehead atoms. The van der Waals surface area contributed by atoms with Gasteiger partial charge in [-0.05, 0) is 36.6 Å². The van der Waals surface area contributed by atoms with E-state index >= 15 is 0 Å². The molecule has 0 fully saturated rings. The van der Waals surface area contributed by atoms with E-state index in [2.05, 4.69) is 12.2 Å². The van der Waals surface area contributed by atoms with Crippen LogP contribution in [0, 0.1) is 0 Å². The van der Waals surface area contributed by atoms with E-state index in [-0.39, 0.29) is 18.2 Å². The van der Waals surface area contributed by atoms with Crippen LogP contribution in [-0.2, 0) is 22.6 Å². The van der Waals surface area contributed by atoms with Gasteiger partial charge in [0.1, 0.15) is 11.8 Å². The fourth-order valence-corrected chi connectivity index (χ4v) is 2.96. The molecule has 2 aromatic rings. The number of ether oxygens (including phenoxy) is 1. The van der Waals surface area contributed by atoms with Crippen LogP contribution in [0.3, 0.4) is 0 Å². The largest absolute Gasteiger partial charge is 0.497 e. The maximum absolute atomic E-state index is 13.1. The van der Waals surface area contributed by atoms with Gasteiger partial charge in [-0.3, -0.25) is 9.59 Å². The van der Waals surface area contributed by atoms with Gasteiger partial charge in [0.2, 0.25) is 11.8 Å². The lowest BCUT2D eigenvalue weighted by atomic mass is 10.1. The highest BCUT2D eigenvalue weighted by molar-refractivity contribution is 5.88. The summed E-state index contributed by atoms with van der Waals surface area (Å²) >= 11 is 0. The Kier molecular flexibility index (Phi) is 8.53. The molecule has 0 aliphatic rings. The second-order valence-corrected chi connectivity index (χ2v) is 6.86. The molecule has 0 aliphatic heterocycles. The van der Waals surface area contributed by atoms with Crippen LogP contribution >= 0.6 is 0 Å². The van der Waals surface area contributed by atoms with E-state index in [1.165, 1.54) is 0 Å². The van der Waals surface area contributed by atoms with Crippen LogP contribution in [0.25, 0.3) is 0 Å². The van der Waals surface area contributed by atoms with Gasteiger partial charge in [-0.25, -0.2) is 0 Å². The van der Waals surface area contributed by atoms with Gasteiger partial charge in [0.25, 0.3) is 0 Å². The minimum Gasteiger partial charge on any atom is -0.497 e. The van der Waals surface area contributed by atoms with Crippen molar-refractivity contribution in [1.82, 2.24) is 10.2 Å². The Morgan fingerprint density at radius 2 is 1.79 bits per heavy atom. The van der Waals surface area contributed by atoms with Crippen molar-refractivity contribution in [3.05, 3.63) is 65.7 Å². The van der Waals surface area contributed by atoms with Crippen LogP contribution in [0.2, 0.25) is 0 Å². The Balaban J connectivity index is 2.18. The normalized spacial score (nSPS) is 11.5. The number of carbonyl (C=O) groups excluding carboxylic acids is 2. The average Bonchev–Trinajstić information content (AvgIpc) is 2.72. The molecule has 0 unspecified atom stereocenters. The maximum atomic E-state index is 13.1. The third kappa shape index (κ3) is 6.41. The van der Waals surface area contributed by atoms with Crippen molar-refractivity contribution >= 4 is 11.8 Å². The number of rotatable bonds is 10. The van der Waals surface area contributed by atoms with Gasteiger partial charge in [0.05, 0.1) is 13.5 Å². The molecule has 0 radical (unpaired) electrons. The molecule has 0 spiro atoms. The first-order valence-corrected chi connectivity index (χ1v) is 9.79. The summed E-state index contributed by atoms with van der Waals surface area (Å²) < 4.78 is 5.28. The van der Waals surface area contributed by atoms with Crippen LogP contribution in [0.5, 0.6) is 5.75 Å². The summed E-state index contributed by atoms with van der Waals surface area (Å²) in [4.78, 5) is 27.3. The molecule has 0 aliphatic carbocycles. The van der Waals surface area contributed by atoms with Crippen LogP contribution in [0.4, 0.5) is 0 Å². The van der Waals surface area contributed by atoms with E-state index in [4.69, 9.17) is 4.74 Å². The number of nitrogens with zero attached hydrogens (tertiary/aromatic N) is 1. The van der Waals surface area contributed by atoms with Gasteiger partial charge < -0.3 is 15.0 Å². The lowest BCUT2D eigenvalue weighted by Crippen LogP contribution is -2.48. The predicted molar refractivity (Wildman–Crippen MR) is 111 cm³/mol. The molecule has 28 heavy (non-hydrogen) atoms. The number of nitrogens with one attached hydrogen (secondary N) is 1. The Labute approximate surface area is 167 Å². The topological polar surface area (TPSA) is 58.6 Å². The van der Waals surface area contributed by atoms with Crippen molar-refractivity contribution in [2.24, 2.45) is 0 Å². The summed E-state index contributed by atoms with van der Waals surface area (Å²) in [5.74, 6) is 0.526. The van der Waals surface area contributed by atoms with Gasteiger partial charge >= 0.3 is 0 Å². The lowest BCUT2D eigenvalue weighted by molar-refractivity contribution is -0.140. The van der Waals surface area contributed by atoms with Crippen molar-refractivity contribution in [2.75, 3.05) is 13.7 Å². The molecule has 1 atom stereocenters. The van der Waals surface area contributed by atoms with E-state index in [0.29, 0.717) is 13.1 Å². The van der Waals surface area contributed by atoms with Gasteiger partial charge in [-0.2, -0.15) is 0 Å². The number of benzene rings is 2. The highest BCUT2D eigenvalue weighted by Crippen LogP contribution is 2.17. The lowest BCUT2D eigenvalue weighted by Gasteiger charge is -2.29. The molecular formula is C23H30N2O3. The van der Waals surface area contributed by atoms with Crippen molar-refractivity contribution in [1.29, 1.82) is 0 Å². The van der Waals surface area contributed by atoms with Crippen LogP contribution in [-0.4, -0.2) is 36.4 Å². The highest BCUT2D eigenvalue weighted by atomic mass is 16.5. The minimum absolute atomic E-state index is 0.0767. The summed E-state index contributed by atoms with van der Waals surface area (Å²) in [5, 5.41) is 2.93. The zero-order valence-electron chi connectivity index (χ0n) is 17.0. The monoisotopic (exact) mass is 382 g/mol. The molecule has 5 nitrogen and oxygen atoms in total. The van der Waals surface area contributed by atoms with Crippen molar-refractivity contribution < 1.29 is 14.3 Å². The summed E-state index contributed by atoms with van der Waals surface area (Å²) in [5.41, 5.74) is 1.86. The van der Waals surface area contributed by atoms with Crippen molar-refractivity contribution in [3.8, 4) is 5.75 Å². The van der Waals surface area contributed by atoms with Crippen molar-refractivity contribution in [2.45, 2.75) is 45.7 Å². The van der Waals surface area contributed by atoms with Crippen LogP contribution in [0.1, 0.15) is 37.8 Å². The first-order chi connectivity index (χ1) is 13.5. The zero-order valence-corrected chi connectivity index (χ0v) is 17.0. The average molecular weight is 383 g/mol. The first kappa shape index (κ1) is 21.5. The standard InChI is InChI=1S/C23H30N2O3/c1-4-5-14-24-23(27)18(2)25(17-20-12-9-13-21(15-20)28-3)22(26)16-19-10-7-6-8-11-19/h6-13,15,18H,4-5,14,16-17H2,1-3H3,(H,24,27)/t18-/m1/s1. The highest BCUT2D eigenvalue weighted by Gasteiger charge is 2.26. The predicted octanol–water partition coefficient (Wildman–Crippen LogP) is 3.57. The SMILES string of the molecule is CCCCNC(=O)[C@@H](C)N(Cc1cccc(OC)c1)C(=O)Cc1ccccc1. The Hall–Kier alpha value is -2.82. The van der Waals surface area contributed by atoms with E-state index in [0.717, 1.165) is 29.7 Å². The number of hydrogen-bond donors (Lipinski definition) is 1. The first-order valence-electron chi connectivity index (χ1n) is 9.79. The zero-order chi connectivity index (χ0) is 20.4. The molecule has 1 N–H and O–H groups in total. The molecular weight excluding hydrogens is 352 g/mol. The molecule has 0 aromatic heterocycles. The fourth-order valence-electron chi connectivity index (χ4n) is 2.96. The summed E-state index contributed by atoms with van der Waals surface area (Å²) in [6.45, 7) is 4.84. The smallest absolute Gasteiger partial charge is 0.242 e. The van der Waals surface area contributed by atoms with Gasteiger partial charge in [-0.15, -0.1) is 0 Å². The van der Waals surface area contributed by atoms with E-state index in [9.17, 15) is 9.59 Å². The number of methoxy groups -OCH3 is 1. The number of amides is 2. The third-order valence-corrected chi connectivity index (χ3v) is 4.68. The van der Waals surface area contributed by atoms with Crippen LogP contribution < -0.4 is 10.1 Å². The van der Waals surface area contributed by atoms with E-state index in [1.54, 1.807) is 18.9 Å². The molecule has 2 rings (SSSR count). The molecule has 150 valence electrons. The number of carbonyl (C=O) groups is 2. The molecule has 5 heteroatoms.